The Morgan fingerprint density at radius 2 is 1.80 bits per heavy atom. The summed E-state index contributed by atoms with van der Waals surface area (Å²) in [5, 5.41) is 7.08. The lowest BCUT2D eigenvalue weighted by molar-refractivity contribution is -0.137. The number of hydrogen-bond donors (Lipinski definition) is 2. The number of anilines is 1. The second kappa shape index (κ2) is 11.9. The minimum absolute atomic E-state index is 0.0790. The molecule has 3 N–H and O–H groups in total. The van der Waals surface area contributed by atoms with Gasteiger partial charge in [-0.3, -0.25) is 14.4 Å². The number of benzene rings is 2. The molecule has 2 amide bonds. The van der Waals surface area contributed by atoms with Gasteiger partial charge in [0.25, 0.3) is 11.8 Å². The van der Waals surface area contributed by atoms with Crippen molar-refractivity contribution in [3.05, 3.63) is 96.1 Å². The number of carbonyl (C=O) groups excluding carboxylic acids is 3. The van der Waals surface area contributed by atoms with Crippen LogP contribution < -0.4 is 16.0 Å². The van der Waals surface area contributed by atoms with Gasteiger partial charge in [-0.05, 0) is 42.0 Å². The number of ketones is 1. The fourth-order valence-electron chi connectivity index (χ4n) is 4.54. The van der Waals surface area contributed by atoms with E-state index >= 15 is 4.39 Å². The molecule has 1 unspecified atom stereocenters. The van der Waals surface area contributed by atoms with Crippen LogP contribution in [0.5, 0.6) is 0 Å². The third-order valence-corrected chi connectivity index (χ3v) is 6.59. The highest BCUT2D eigenvalue weighted by Crippen LogP contribution is 2.27. The summed E-state index contributed by atoms with van der Waals surface area (Å²) in [4.78, 5) is 43.9. The maximum atomic E-state index is 15.1. The van der Waals surface area contributed by atoms with E-state index < -0.39 is 29.5 Å². The standard InChI is InChI=1S/C29H27FN6O4/c30-23-18-20(35-13-15-40-16-14-35)8-9-21(23)24-10-12-36(34-24)28-22(7-4-11-32-28)29(39)33-25(26(37)27(31)38)17-19-5-2-1-3-6-19/h1-12,18,25H,13-17H2,(H2,31,38)(H,33,39). The number of ether oxygens (including phenoxy) is 1. The SMILES string of the molecule is NC(=O)C(=O)C(Cc1ccccc1)NC(=O)c1cccnc1-n1ccc(-c2ccc(N3CCOCC3)cc2F)n1. The Morgan fingerprint density at radius 1 is 1.02 bits per heavy atom. The number of carbonyl (C=O) groups is 3. The normalized spacial score (nSPS) is 14.0. The Balaban J connectivity index is 1.38. The third-order valence-electron chi connectivity index (χ3n) is 6.59. The number of Topliss-reactive ketones (excluding diaryl/α,β-unsaturated/α-hetero) is 1. The molecule has 2 aromatic carbocycles. The molecule has 40 heavy (non-hydrogen) atoms. The predicted octanol–water partition coefficient (Wildman–Crippen LogP) is 2.31. The summed E-state index contributed by atoms with van der Waals surface area (Å²) >= 11 is 0. The molecule has 0 saturated carbocycles. The molecule has 11 heteroatoms. The van der Waals surface area contributed by atoms with E-state index in [1.807, 2.05) is 12.1 Å². The number of nitrogens with one attached hydrogen (secondary N) is 1. The first-order valence-corrected chi connectivity index (χ1v) is 12.7. The minimum atomic E-state index is -1.17. The van der Waals surface area contributed by atoms with Gasteiger partial charge in [-0.2, -0.15) is 5.10 Å². The van der Waals surface area contributed by atoms with Gasteiger partial charge in [0.1, 0.15) is 11.9 Å². The number of hydrogen-bond acceptors (Lipinski definition) is 7. The van der Waals surface area contributed by atoms with Gasteiger partial charge in [0.05, 0.1) is 24.5 Å². The van der Waals surface area contributed by atoms with E-state index in [4.69, 9.17) is 10.5 Å². The Labute approximate surface area is 229 Å². The molecule has 0 bridgehead atoms. The van der Waals surface area contributed by atoms with E-state index in [1.54, 1.807) is 48.7 Å². The van der Waals surface area contributed by atoms with Crippen LogP contribution in [0.25, 0.3) is 17.1 Å². The molecule has 4 aromatic rings. The van der Waals surface area contributed by atoms with Crippen molar-refractivity contribution in [2.24, 2.45) is 5.73 Å². The molecule has 1 aliphatic rings. The molecular weight excluding hydrogens is 515 g/mol. The van der Waals surface area contributed by atoms with Crippen LogP contribution in [0.2, 0.25) is 0 Å². The van der Waals surface area contributed by atoms with Crippen molar-refractivity contribution in [3.8, 4) is 17.1 Å². The zero-order chi connectivity index (χ0) is 28.1. The van der Waals surface area contributed by atoms with E-state index in [1.165, 1.54) is 23.0 Å². The number of amides is 2. The number of rotatable bonds is 9. The minimum Gasteiger partial charge on any atom is -0.378 e. The smallest absolute Gasteiger partial charge is 0.287 e. The number of morpholine rings is 1. The molecule has 5 rings (SSSR count). The fourth-order valence-corrected chi connectivity index (χ4v) is 4.54. The van der Waals surface area contributed by atoms with E-state index in [2.05, 4.69) is 20.3 Å². The van der Waals surface area contributed by atoms with Gasteiger partial charge in [0.2, 0.25) is 5.78 Å². The van der Waals surface area contributed by atoms with E-state index in [0.29, 0.717) is 37.6 Å². The van der Waals surface area contributed by atoms with Gasteiger partial charge in [-0.15, -0.1) is 0 Å². The van der Waals surface area contributed by atoms with Crippen LogP contribution >= 0.6 is 0 Å². The van der Waals surface area contributed by atoms with Crippen molar-refractivity contribution in [1.82, 2.24) is 20.1 Å². The number of aromatic nitrogens is 3. The number of primary amides is 1. The summed E-state index contributed by atoms with van der Waals surface area (Å²) in [7, 11) is 0. The first-order valence-electron chi connectivity index (χ1n) is 12.7. The van der Waals surface area contributed by atoms with Gasteiger partial charge < -0.3 is 20.7 Å². The van der Waals surface area contributed by atoms with Crippen molar-refractivity contribution in [2.75, 3.05) is 31.2 Å². The van der Waals surface area contributed by atoms with Crippen LogP contribution in [0.1, 0.15) is 15.9 Å². The van der Waals surface area contributed by atoms with Crippen LogP contribution in [0, 0.1) is 5.82 Å². The quantitative estimate of drug-likeness (QED) is 0.310. The topological polar surface area (TPSA) is 132 Å². The zero-order valence-electron chi connectivity index (χ0n) is 21.5. The summed E-state index contributed by atoms with van der Waals surface area (Å²) in [5.41, 5.74) is 7.51. The summed E-state index contributed by atoms with van der Waals surface area (Å²) in [5.74, 6) is -2.97. The highest BCUT2D eigenvalue weighted by Gasteiger charge is 2.27. The van der Waals surface area contributed by atoms with Crippen LogP contribution in [0.15, 0.2) is 79.1 Å². The molecule has 10 nitrogen and oxygen atoms in total. The van der Waals surface area contributed by atoms with Crippen molar-refractivity contribution >= 4 is 23.3 Å². The first-order chi connectivity index (χ1) is 19.4. The fraction of sp³-hybridized carbons (Fsp3) is 0.207. The van der Waals surface area contributed by atoms with E-state index in [-0.39, 0.29) is 17.8 Å². The Hall–Kier alpha value is -4.90. The van der Waals surface area contributed by atoms with E-state index in [0.717, 1.165) is 11.3 Å². The average Bonchev–Trinajstić information content (AvgIpc) is 3.47. The first kappa shape index (κ1) is 26.7. The van der Waals surface area contributed by atoms with Crippen molar-refractivity contribution in [1.29, 1.82) is 0 Å². The van der Waals surface area contributed by atoms with Gasteiger partial charge in [0.15, 0.2) is 5.82 Å². The summed E-state index contributed by atoms with van der Waals surface area (Å²) < 4.78 is 21.8. The molecule has 0 spiro atoms. The Bertz CT molecular complexity index is 1530. The molecule has 1 atom stereocenters. The molecule has 2 aromatic heterocycles. The van der Waals surface area contributed by atoms with Gasteiger partial charge in [-0.25, -0.2) is 14.1 Å². The van der Waals surface area contributed by atoms with Crippen LogP contribution in [0.3, 0.4) is 0 Å². The highest BCUT2D eigenvalue weighted by atomic mass is 19.1. The van der Waals surface area contributed by atoms with E-state index in [9.17, 15) is 14.4 Å². The molecule has 1 saturated heterocycles. The van der Waals surface area contributed by atoms with Crippen LogP contribution in [0.4, 0.5) is 10.1 Å². The lowest BCUT2D eigenvalue weighted by Crippen LogP contribution is -2.47. The monoisotopic (exact) mass is 542 g/mol. The van der Waals surface area contributed by atoms with Crippen molar-refractivity contribution in [2.45, 2.75) is 12.5 Å². The predicted molar refractivity (Wildman–Crippen MR) is 145 cm³/mol. The highest BCUT2D eigenvalue weighted by molar-refractivity contribution is 6.38. The van der Waals surface area contributed by atoms with Crippen LogP contribution in [-0.2, 0) is 20.7 Å². The second-order valence-corrected chi connectivity index (χ2v) is 9.23. The lowest BCUT2D eigenvalue weighted by Gasteiger charge is -2.29. The number of pyridine rings is 1. The maximum Gasteiger partial charge on any atom is 0.287 e. The maximum absolute atomic E-state index is 15.1. The average molecular weight is 543 g/mol. The van der Waals surface area contributed by atoms with Crippen LogP contribution in [-0.4, -0.2) is 64.7 Å². The molecule has 0 radical (unpaired) electrons. The molecule has 3 heterocycles. The van der Waals surface area contributed by atoms with Gasteiger partial charge in [-0.1, -0.05) is 30.3 Å². The second-order valence-electron chi connectivity index (χ2n) is 9.23. The summed E-state index contributed by atoms with van der Waals surface area (Å²) in [6.07, 6.45) is 3.14. The number of halogens is 1. The Morgan fingerprint density at radius 3 is 2.52 bits per heavy atom. The Kier molecular flexibility index (Phi) is 7.92. The van der Waals surface area contributed by atoms with Gasteiger partial charge >= 0.3 is 0 Å². The molecule has 1 fully saturated rings. The largest absolute Gasteiger partial charge is 0.378 e. The third kappa shape index (κ3) is 5.89. The summed E-state index contributed by atoms with van der Waals surface area (Å²) in [6.45, 7) is 2.57. The molecule has 0 aliphatic carbocycles. The van der Waals surface area contributed by atoms with Crippen molar-refractivity contribution in [3.63, 3.8) is 0 Å². The molecule has 1 aliphatic heterocycles. The van der Waals surface area contributed by atoms with Crippen molar-refractivity contribution < 1.29 is 23.5 Å². The lowest BCUT2D eigenvalue weighted by atomic mass is 10.0. The zero-order valence-corrected chi connectivity index (χ0v) is 21.5. The summed E-state index contributed by atoms with van der Waals surface area (Å²) in [6, 6.07) is 17.5. The van der Waals surface area contributed by atoms with Gasteiger partial charge in [0, 0.05) is 43.2 Å². The number of nitrogens with zero attached hydrogens (tertiary/aromatic N) is 4. The molecular formula is C29H27FN6O4. The number of nitrogens with two attached hydrogens (primary N) is 1. The molecule has 204 valence electrons.